The van der Waals surface area contributed by atoms with Crippen molar-refractivity contribution in [1.82, 2.24) is 4.98 Å². The van der Waals surface area contributed by atoms with Crippen molar-refractivity contribution in [2.45, 2.75) is 13.3 Å². The number of aromatic nitrogens is 1. The number of methoxy groups -OCH3 is 1. The zero-order chi connectivity index (χ0) is 11.5. The predicted molar refractivity (Wildman–Crippen MR) is 62.3 cm³/mol. The minimum atomic E-state index is 0.687. The fourth-order valence-corrected chi connectivity index (χ4v) is 1.66. The van der Waals surface area contributed by atoms with Gasteiger partial charge in [-0.15, -0.1) is 0 Å². The number of ether oxygens (including phenoxy) is 1. The van der Waals surface area contributed by atoms with E-state index in [0.717, 1.165) is 23.2 Å². The number of nitrogens with zero attached hydrogens (tertiary/aromatic N) is 1. The summed E-state index contributed by atoms with van der Waals surface area (Å²) in [6.45, 7) is 2.06. The number of aryl methyl sites for hydroxylation is 1. The quantitative estimate of drug-likeness (QED) is 0.804. The normalized spacial score (nSPS) is 10.4. The molecule has 84 valence electrons. The van der Waals surface area contributed by atoms with Crippen molar-refractivity contribution in [3.8, 4) is 17.1 Å². The third-order valence-electron chi connectivity index (χ3n) is 2.54. The Kier molecular flexibility index (Phi) is 2.81. The third-order valence-corrected chi connectivity index (χ3v) is 2.54. The van der Waals surface area contributed by atoms with Crippen LogP contribution in [0.2, 0.25) is 0 Å². The van der Waals surface area contributed by atoms with Crippen LogP contribution in [0.5, 0.6) is 5.75 Å². The van der Waals surface area contributed by atoms with Crippen LogP contribution < -0.4 is 10.5 Å². The zero-order valence-corrected chi connectivity index (χ0v) is 9.36. The van der Waals surface area contributed by atoms with E-state index in [4.69, 9.17) is 14.9 Å². The van der Waals surface area contributed by atoms with E-state index in [9.17, 15) is 0 Å². The van der Waals surface area contributed by atoms with Gasteiger partial charge in [0.1, 0.15) is 5.75 Å². The molecule has 0 radical (unpaired) electrons. The minimum Gasteiger partial charge on any atom is -0.496 e. The van der Waals surface area contributed by atoms with Crippen LogP contribution in [-0.4, -0.2) is 12.1 Å². The fraction of sp³-hybridized carbons (Fsp3) is 0.250. The topological polar surface area (TPSA) is 61.3 Å². The Labute approximate surface area is 94.1 Å². The molecule has 2 rings (SSSR count). The average Bonchev–Trinajstić information content (AvgIpc) is 2.82. The lowest BCUT2D eigenvalue weighted by molar-refractivity contribution is 0.414. The summed E-state index contributed by atoms with van der Waals surface area (Å²) < 4.78 is 10.6. The van der Waals surface area contributed by atoms with E-state index in [1.807, 2.05) is 12.1 Å². The molecule has 2 N–H and O–H groups in total. The van der Waals surface area contributed by atoms with Gasteiger partial charge in [0.05, 0.1) is 18.9 Å². The lowest BCUT2D eigenvalue weighted by Gasteiger charge is -2.10. The maximum absolute atomic E-state index is 5.90. The predicted octanol–water partition coefficient (Wildman–Crippen LogP) is 2.49. The van der Waals surface area contributed by atoms with Crippen LogP contribution >= 0.6 is 0 Å². The molecule has 1 heterocycles. The van der Waals surface area contributed by atoms with Gasteiger partial charge in [0, 0.05) is 11.8 Å². The Morgan fingerprint density at radius 2 is 2.25 bits per heavy atom. The van der Waals surface area contributed by atoms with Gasteiger partial charge < -0.3 is 14.9 Å². The zero-order valence-electron chi connectivity index (χ0n) is 9.36. The highest BCUT2D eigenvalue weighted by atomic mass is 16.5. The summed E-state index contributed by atoms with van der Waals surface area (Å²) in [6, 6.07) is 3.80. The highest BCUT2D eigenvalue weighted by molar-refractivity contribution is 5.71. The van der Waals surface area contributed by atoms with Gasteiger partial charge in [0.25, 0.3) is 0 Å². The number of oxazole rings is 1. The van der Waals surface area contributed by atoms with Crippen molar-refractivity contribution in [3.63, 3.8) is 0 Å². The van der Waals surface area contributed by atoms with Crippen molar-refractivity contribution in [3.05, 3.63) is 30.3 Å². The molecule has 0 saturated carbocycles. The maximum atomic E-state index is 5.90. The second kappa shape index (κ2) is 4.26. The SMILES string of the molecule is CCc1cc(-c2cnco2)c(OC)cc1N. The summed E-state index contributed by atoms with van der Waals surface area (Å²) in [5, 5.41) is 0. The van der Waals surface area contributed by atoms with E-state index in [0.29, 0.717) is 11.5 Å². The molecule has 0 aliphatic heterocycles. The first kappa shape index (κ1) is 10.5. The van der Waals surface area contributed by atoms with E-state index in [1.54, 1.807) is 13.3 Å². The van der Waals surface area contributed by atoms with Crippen LogP contribution in [0.1, 0.15) is 12.5 Å². The molecule has 0 aliphatic rings. The van der Waals surface area contributed by atoms with E-state index in [-0.39, 0.29) is 0 Å². The van der Waals surface area contributed by atoms with Crippen LogP contribution in [-0.2, 0) is 6.42 Å². The van der Waals surface area contributed by atoms with Gasteiger partial charge >= 0.3 is 0 Å². The van der Waals surface area contributed by atoms with Gasteiger partial charge in [-0.05, 0) is 18.1 Å². The second-order valence-electron chi connectivity index (χ2n) is 3.47. The number of hydrogen-bond acceptors (Lipinski definition) is 4. The van der Waals surface area contributed by atoms with Crippen molar-refractivity contribution < 1.29 is 9.15 Å². The Morgan fingerprint density at radius 1 is 1.44 bits per heavy atom. The van der Waals surface area contributed by atoms with Crippen LogP contribution in [0.25, 0.3) is 11.3 Å². The second-order valence-corrected chi connectivity index (χ2v) is 3.47. The first-order valence-electron chi connectivity index (χ1n) is 5.11. The van der Waals surface area contributed by atoms with E-state index < -0.39 is 0 Å². The fourth-order valence-electron chi connectivity index (χ4n) is 1.66. The molecule has 1 aromatic carbocycles. The number of anilines is 1. The van der Waals surface area contributed by atoms with Gasteiger partial charge in [-0.1, -0.05) is 6.92 Å². The van der Waals surface area contributed by atoms with E-state index in [2.05, 4.69) is 11.9 Å². The maximum Gasteiger partial charge on any atom is 0.181 e. The van der Waals surface area contributed by atoms with E-state index >= 15 is 0 Å². The summed E-state index contributed by atoms with van der Waals surface area (Å²) in [4.78, 5) is 3.90. The summed E-state index contributed by atoms with van der Waals surface area (Å²) in [5.41, 5.74) is 8.60. The molecule has 1 aromatic heterocycles. The molecule has 0 saturated heterocycles. The Morgan fingerprint density at radius 3 is 2.81 bits per heavy atom. The van der Waals surface area contributed by atoms with Gasteiger partial charge in [0.15, 0.2) is 12.2 Å². The number of benzene rings is 1. The molecule has 0 aliphatic carbocycles. The van der Waals surface area contributed by atoms with Crippen molar-refractivity contribution in [1.29, 1.82) is 0 Å². The number of nitrogen functional groups attached to an aromatic ring is 1. The average molecular weight is 218 g/mol. The molecule has 0 fully saturated rings. The summed E-state index contributed by atoms with van der Waals surface area (Å²) in [7, 11) is 1.61. The van der Waals surface area contributed by atoms with Gasteiger partial charge in [-0.3, -0.25) is 0 Å². The first-order chi connectivity index (χ1) is 7.76. The number of nitrogens with two attached hydrogens (primary N) is 1. The number of rotatable bonds is 3. The standard InChI is InChI=1S/C12H14N2O2/c1-3-8-4-9(12-6-14-7-16-12)11(15-2)5-10(8)13/h4-7H,3,13H2,1-2H3. The molecule has 0 bridgehead atoms. The molecule has 0 spiro atoms. The molecular formula is C12H14N2O2. The van der Waals surface area contributed by atoms with Crippen molar-refractivity contribution >= 4 is 5.69 Å². The Hall–Kier alpha value is -1.97. The van der Waals surface area contributed by atoms with Gasteiger partial charge in [-0.2, -0.15) is 0 Å². The van der Waals surface area contributed by atoms with Gasteiger partial charge in [0.2, 0.25) is 0 Å². The molecule has 2 aromatic rings. The Bertz CT molecular complexity index is 478. The Balaban J connectivity index is 2.58. The minimum absolute atomic E-state index is 0.687. The molecule has 4 heteroatoms. The van der Waals surface area contributed by atoms with Crippen LogP contribution in [0, 0.1) is 0 Å². The molecule has 4 nitrogen and oxygen atoms in total. The van der Waals surface area contributed by atoms with Crippen LogP contribution in [0.3, 0.4) is 0 Å². The molecular weight excluding hydrogens is 204 g/mol. The lowest BCUT2D eigenvalue weighted by atomic mass is 10.0. The van der Waals surface area contributed by atoms with Crippen molar-refractivity contribution in [2.24, 2.45) is 0 Å². The lowest BCUT2D eigenvalue weighted by Crippen LogP contribution is -1.96. The van der Waals surface area contributed by atoms with Crippen LogP contribution in [0.15, 0.2) is 29.1 Å². The first-order valence-corrected chi connectivity index (χ1v) is 5.11. The largest absolute Gasteiger partial charge is 0.496 e. The molecule has 0 amide bonds. The summed E-state index contributed by atoms with van der Waals surface area (Å²) in [6.07, 6.45) is 3.93. The number of hydrogen-bond donors (Lipinski definition) is 1. The third kappa shape index (κ3) is 1.74. The molecule has 16 heavy (non-hydrogen) atoms. The van der Waals surface area contributed by atoms with Crippen molar-refractivity contribution in [2.75, 3.05) is 12.8 Å². The highest BCUT2D eigenvalue weighted by Crippen LogP contribution is 2.33. The van der Waals surface area contributed by atoms with E-state index in [1.165, 1.54) is 6.39 Å². The molecule has 0 unspecified atom stereocenters. The van der Waals surface area contributed by atoms with Gasteiger partial charge in [-0.25, -0.2) is 4.98 Å². The highest BCUT2D eigenvalue weighted by Gasteiger charge is 2.12. The molecule has 0 atom stereocenters. The summed E-state index contributed by atoms with van der Waals surface area (Å²) in [5.74, 6) is 1.39. The monoisotopic (exact) mass is 218 g/mol. The summed E-state index contributed by atoms with van der Waals surface area (Å²) >= 11 is 0. The smallest absolute Gasteiger partial charge is 0.181 e. The van der Waals surface area contributed by atoms with Crippen LogP contribution in [0.4, 0.5) is 5.69 Å².